The van der Waals surface area contributed by atoms with Crippen molar-refractivity contribution in [3.63, 3.8) is 0 Å². The number of ketones is 1. The molecule has 2 saturated heterocycles. The van der Waals surface area contributed by atoms with Gasteiger partial charge in [0.15, 0.2) is 0 Å². The molecule has 1 amide bonds. The molecule has 0 spiro atoms. The van der Waals surface area contributed by atoms with Crippen molar-refractivity contribution in [2.75, 3.05) is 20.3 Å². The number of aliphatic hydroxyl groups excluding tert-OH is 1. The number of aromatic nitrogens is 1. The van der Waals surface area contributed by atoms with Gasteiger partial charge in [0.2, 0.25) is 0 Å². The van der Waals surface area contributed by atoms with E-state index >= 15 is 0 Å². The summed E-state index contributed by atoms with van der Waals surface area (Å²) in [5.41, 5.74) is 3.87. The van der Waals surface area contributed by atoms with E-state index in [1.54, 1.807) is 11.0 Å². The number of H-pyrrole nitrogens is 1. The van der Waals surface area contributed by atoms with E-state index in [1.165, 1.54) is 7.11 Å². The first-order valence-corrected chi connectivity index (χ1v) is 11.5. The molecule has 0 radical (unpaired) electrons. The van der Waals surface area contributed by atoms with E-state index in [2.05, 4.69) is 4.98 Å². The van der Waals surface area contributed by atoms with Crippen LogP contribution in [0.25, 0.3) is 16.7 Å². The molecule has 3 heterocycles. The van der Waals surface area contributed by atoms with Crippen LogP contribution in [0.2, 0.25) is 0 Å². The molecular formula is C27H28N2O5. The lowest BCUT2D eigenvalue weighted by Crippen LogP contribution is -2.36. The van der Waals surface area contributed by atoms with E-state index in [4.69, 9.17) is 9.47 Å². The normalized spacial score (nSPS) is 22.1. The molecule has 176 valence electrons. The minimum Gasteiger partial charge on any atom is -0.507 e. The standard InChI is InChI=1S/C27H28N2O5/c1-15-11-16(2)26(33-3)19(12-15)24(30)22-23(20-13-28-21-9-5-4-8-18(20)21)29(27(32)25(22)31)14-17-7-6-10-34-17/h4-5,8-9,11-13,17,23,28,30H,6-7,10,14H2,1-3H3/b24-22+. The second kappa shape index (κ2) is 8.65. The fraction of sp³-hybridized carbons (Fsp3) is 0.333. The van der Waals surface area contributed by atoms with Gasteiger partial charge in [-0.1, -0.05) is 24.3 Å². The number of rotatable bonds is 5. The zero-order valence-corrected chi connectivity index (χ0v) is 19.6. The average molecular weight is 461 g/mol. The number of aliphatic hydroxyl groups is 1. The molecule has 7 heteroatoms. The number of benzene rings is 2. The number of para-hydroxylation sites is 1. The molecule has 1 aromatic heterocycles. The first kappa shape index (κ1) is 22.2. The summed E-state index contributed by atoms with van der Waals surface area (Å²) in [6, 6.07) is 10.7. The molecule has 5 rings (SSSR count). The van der Waals surface area contributed by atoms with Gasteiger partial charge in [-0.15, -0.1) is 0 Å². The predicted molar refractivity (Wildman–Crippen MR) is 129 cm³/mol. The SMILES string of the molecule is COc1c(C)cc(C)cc1/C(O)=C1\C(=O)C(=O)N(CC2CCCO2)C1c1c[nH]c2ccccc12. The van der Waals surface area contributed by atoms with Crippen molar-refractivity contribution in [3.05, 3.63) is 70.4 Å². The van der Waals surface area contributed by atoms with Crippen LogP contribution in [0.15, 0.2) is 48.2 Å². The number of aryl methyl sites for hydroxylation is 2. The topological polar surface area (TPSA) is 91.9 Å². The highest BCUT2D eigenvalue weighted by molar-refractivity contribution is 6.46. The van der Waals surface area contributed by atoms with E-state index in [0.29, 0.717) is 17.9 Å². The number of hydrogen-bond donors (Lipinski definition) is 2. The van der Waals surface area contributed by atoms with Crippen LogP contribution < -0.4 is 4.74 Å². The summed E-state index contributed by atoms with van der Waals surface area (Å²) in [4.78, 5) is 31.5. The molecule has 3 aromatic rings. The fourth-order valence-corrected chi connectivity index (χ4v) is 5.27. The minimum absolute atomic E-state index is 0.0658. The number of nitrogens with one attached hydrogen (secondary N) is 1. The third kappa shape index (κ3) is 3.56. The maximum absolute atomic E-state index is 13.4. The van der Waals surface area contributed by atoms with Gasteiger partial charge in [-0.25, -0.2) is 0 Å². The number of carbonyl (C=O) groups excluding carboxylic acids is 2. The number of aromatic amines is 1. The van der Waals surface area contributed by atoms with Gasteiger partial charge in [-0.05, 0) is 49.9 Å². The van der Waals surface area contributed by atoms with Gasteiger partial charge in [0.25, 0.3) is 11.7 Å². The van der Waals surface area contributed by atoms with Gasteiger partial charge in [0.05, 0.1) is 30.4 Å². The third-order valence-electron chi connectivity index (χ3n) is 6.76. The van der Waals surface area contributed by atoms with Crippen molar-refractivity contribution >= 4 is 28.4 Å². The zero-order chi connectivity index (χ0) is 24.0. The quantitative estimate of drug-likeness (QED) is 0.335. The Morgan fingerprint density at radius 2 is 2.03 bits per heavy atom. The monoisotopic (exact) mass is 460 g/mol. The van der Waals surface area contributed by atoms with E-state index in [-0.39, 0.29) is 24.0 Å². The van der Waals surface area contributed by atoms with Crippen molar-refractivity contribution in [1.29, 1.82) is 0 Å². The van der Waals surface area contributed by atoms with Gasteiger partial charge in [-0.3, -0.25) is 9.59 Å². The van der Waals surface area contributed by atoms with Crippen LogP contribution in [0.3, 0.4) is 0 Å². The molecule has 34 heavy (non-hydrogen) atoms. The number of nitrogens with zero attached hydrogens (tertiary/aromatic N) is 1. The molecule has 2 atom stereocenters. The van der Waals surface area contributed by atoms with Crippen molar-refractivity contribution < 1.29 is 24.2 Å². The molecule has 7 nitrogen and oxygen atoms in total. The molecule has 2 unspecified atom stereocenters. The van der Waals surface area contributed by atoms with Crippen LogP contribution in [-0.2, 0) is 14.3 Å². The second-order valence-corrected chi connectivity index (χ2v) is 9.04. The number of methoxy groups -OCH3 is 1. The van der Waals surface area contributed by atoms with Crippen molar-refractivity contribution in [2.24, 2.45) is 0 Å². The Hall–Kier alpha value is -3.58. The molecule has 0 saturated carbocycles. The van der Waals surface area contributed by atoms with Gasteiger partial charge in [0, 0.05) is 35.8 Å². The Morgan fingerprint density at radius 1 is 1.24 bits per heavy atom. The van der Waals surface area contributed by atoms with Crippen LogP contribution in [0.5, 0.6) is 5.75 Å². The Morgan fingerprint density at radius 3 is 2.76 bits per heavy atom. The van der Waals surface area contributed by atoms with Crippen molar-refractivity contribution in [2.45, 2.75) is 38.8 Å². The van der Waals surface area contributed by atoms with E-state index in [0.717, 1.165) is 40.4 Å². The summed E-state index contributed by atoms with van der Waals surface area (Å²) in [5.74, 6) is -1.08. The van der Waals surface area contributed by atoms with E-state index < -0.39 is 17.7 Å². The van der Waals surface area contributed by atoms with E-state index in [1.807, 2.05) is 50.4 Å². The third-order valence-corrected chi connectivity index (χ3v) is 6.76. The van der Waals surface area contributed by atoms with Gasteiger partial charge in [0.1, 0.15) is 11.5 Å². The molecule has 0 bridgehead atoms. The molecular weight excluding hydrogens is 432 g/mol. The highest BCUT2D eigenvalue weighted by atomic mass is 16.5. The highest BCUT2D eigenvalue weighted by Gasteiger charge is 2.48. The number of fused-ring (bicyclic) bond motifs is 1. The maximum Gasteiger partial charge on any atom is 0.295 e. The molecule has 0 aliphatic carbocycles. The van der Waals surface area contributed by atoms with Crippen LogP contribution in [0.4, 0.5) is 0 Å². The van der Waals surface area contributed by atoms with Crippen LogP contribution in [0, 0.1) is 13.8 Å². The minimum atomic E-state index is -0.745. The second-order valence-electron chi connectivity index (χ2n) is 9.04. The number of likely N-dealkylation sites (tertiary alicyclic amines) is 1. The van der Waals surface area contributed by atoms with Gasteiger partial charge < -0.3 is 24.5 Å². The summed E-state index contributed by atoms with van der Waals surface area (Å²) in [5, 5.41) is 12.4. The molecule has 2 aliphatic rings. The lowest BCUT2D eigenvalue weighted by atomic mass is 9.93. The van der Waals surface area contributed by atoms with E-state index in [9.17, 15) is 14.7 Å². The molecule has 2 aliphatic heterocycles. The van der Waals surface area contributed by atoms with Crippen LogP contribution in [0.1, 0.15) is 41.1 Å². The number of hydrogen-bond acceptors (Lipinski definition) is 5. The number of ether oxygens (including phenoxy) is 2. The molecule has 2 N–H and O–H groups in total. The Kier molecular flexibility index (Phi) is 5.65. The van der Waals surface area contributed by atoms with Crippen LogP contribution in [-0.4, -0.2) is 53.0 Å². The molecule has 2 aromatic carbocycles. The number of carbonyl (C=O) groups is 2. The summed E-state index contributed by atoms with van der Waals surface area (Å²) in [6.07, 6.45) is 3.43. The van der Waals surface area contributed by atoms with Gasteiger partial charge in [-0.2, -0.15) is 0 Å². The Bertz CT molecular complexity index is 1320. The summed E-state index contributed by atoms with van der Waals surface area (Å²) < 4.78 is 11.4. The first-order valence-electron chi connectivity index (χ1n) is 11.5. The maximum atomic E-state index is 13.4. The molecule has 2 fully saturated rings. The lowest BCUT2D eigenvalue weighted by Gasteiger charge is -2.27. The first-order chi connectivity index (χ1) is 16.4. The Balaban J connectivity index is 1.73. The Labute approximate surface area is 198 Å². The van der Waals surface area contributed by atoms with Crippen molar-refractivity contribution in [3.8, 4) is 5.75 Å². The lowest BCUT2D eigenvalue weighted by molar-refractivity contribution is -0.140. The summed E-state index contributed by atoms with van der Waals surface area (Å²) in [7, 11) is 1.53. The average Bonchev–Trinajstić information content (AvgIpc) is 3.54. The fourth-order valence-electron chi connectivity index (χ4n) is 5.27. The zero-order valence-electron chi connectivity index (χ0n) is 19.6. The predicted octanol–water partition coefficient (Wildman–Crippen LogP) is 4.39. The van der Waals surface area contributed by atoms with Gasteiger partial charge >= 0.3 is 0 Å². The highest BCUT2D eigenvalue weighted by Crippen LogP contribution is 2.44. The number of amides is 1. The van der Waals surface area contributed by atoms with Crippen molar-refractivity contribution in [1.82, 2.24) is 9.88 Å². The largest absolute Gasteiger partial charge is 0.507 e. The smallest absolute Gasteiger partial charge is 0.295 e. The number of Topliss-reactive ketones (excluding diaryl/α,β-unsaturated/α-hetero) is 1. The summed E-state index contributed by atoms with van der Waals surface area (Å²) >= 11 is 0. The van der Waals surface area contributed by atoms with Crippen LogP contribution >= 0.6 is 0 Å². The summed E-state index contributed by atoms with van der Waals surface area (Å²) in [6.45, 7) is 4.73.